The molecule has 1 fully saturated rings. The molecule has 0 aliphatic carbocycles. The van der Waals surface area contributed by atoms with Crippen LogP contribution < -0.4 is 10.1 Å². The fraction of sp³-hybridized carbons (Fsp3) is 0.261. The van der Waals surface area contributed by atoms with E-state index in [0.717, 1.165) is 0 Å². The summed E-state index contributed by atoms with van der Waals surface area (Å²) in [5.41, 5.74) is 1.26. The SMILES string of the molecule is O=C(Nc1cccc(OCc2cccc(F)c2)c1)C1CCCN(S(=O)(=O)c2cccs2)C1. The van der Waals surface area contributed by atoms with Crippen LogP contribution in [-0.2, 0) is 21.4 Å². The minimum atomic E-state index is -3.58. The van der Waals surface area contributed by atoms with Gasteiger partial charge in [-0.1, -0.05) is 24.3 Å². The number of nitrogens with one attached hydrogen (secondary N) is 1. The number of sulfonamides is 1. The highest BCUT2D eigenvalue weighted by Gasteiger charge is 2.33. The van der Waals surface area contributed by atoms with Gasteiger partial charge in [0, 0.05) is 24.8 Å². The Morgan fingerprint density at radius 3 is 2.78 bits per heavy atom. The Morgan fingerprint density at radius 2 is 2.00 bits per heavy atom. The number of hydrogen-bond acceptors (Lipinski definition) is 5. The Kier molecular flexibility index (Phi) is 6.88. The summed E-state index contributed by atoms with van der Waals surface area (Å²) in [4.78, 5) is 12.8. The molecule has 2 heterocycles. The number of anilines is 1. The Balaban J connectivity index is 1.37. The molecule has 1 saturated heterocycles. The van der Waals surface area contributed by atoms with Crippen LogP contribution in [0.3, 0.4) is 0 Å². The largest absolute Gasteiger partial charge is 0.489 e. The van der Waals surface area contributed by atoms with Crippen molar-refractivity contribution in [1.82, 2.24) is 4.31 Å². The number of benzene rings is 2. The van der Waals surface area contributed by atoms with Crippen molar-refractivity contribution in [1.29, 1.82) is 0 Å². The van der Waals surface area contributed by atoms with Gasteiger partial charge in [-0.3, -0.25) is 4.79 Å². The molecule has 1 aliphatic rings. The fourth-order valence-corrected chi connectivity index (χ4v) is 6.28. The van der Waals surface area contributed by atoms with E-state index in [1.165, 1.54) is 27.8 Å². The zero-order valence-electron chi connectivity index (χ0n) is 17.2. The maximum absolute atomic E-state index is 13.3. The van der Waals surface area contributed by atoms with Crippen molar-refractivity contribution < 1.29 is 22.3 Å². The zero-order chi connectivity index (χ0) is 22.6. The zero-order valence-corrected chi connectivity index (χ0v) is 18.9. The normalized spacial score (nSPS) is 17.1. The second-order valence-corrected chi connectivity index (χ2v) is 10.7. The lowest BCUT2D eigenvalue weighted by Crippen LogP contribution is -2.43. The topological polar surface area (TPSA) is 75.7 Å². The predicted octanol–water partition coefficient (Wildman–Crippen LogP) is 4.51. The first-order chi connectivity index (χ1) is 15.4. The third kappa shape index (κ3) is 5.35. The van der Waals surface area contributed by atoms with Gasteiger partial charge in [0.1, 0.15) is 22.4 Å². The van der Waals surface area contributed by atoms with E-state index in [2.05, 4.69) is 5.32 Å². The van der Waals surface area contributed by atoms with E-state index in [1.54, 1.807) is 53.9 Å². The van der Waals surface area contributed by atoms with E-state index in [1.807, 2.05) is 0 Å². The van der Waals surface area contributed by atoms with Gasteiger partial charge in [-0.2, -0.15) is 4.31 Å². The van der Waals surface area contributed by atoms with E-state index < -0.39 is 15.9 Å². The predicted molar refractivity (Wildman–Crippen MR) is 122 cm³/mol. The van der Waals surface area contributed by atoms with Crippen LogP contribution in [0, 0.1) is 11.7 Å². The van der Waals surface area contributed by atoms with E-state index in [4.69, 9.17) is 4.74 Å². The van der Waals surface area contributed by atoms with Crippen LogP contribution >= 0.6 is 11.3 Å². The van der Waals surface area contributed by atoms with Gasteiger partial charge < -0.3 is 10.1 Å². The number of nitrogens with zero attached hydrogens (tertiary/aromatic N) is 1. The molecule has 1 atom stereocenters. The van der Waals surface area contributed by atoms with Crippen molar-refractivity contribution >= 4 is 33.0 Å². The van der Waals surface area contributed by atoms with Crippen LogP contribution in [0.4, 0.5) is 10.1 Å². The second-order valence-electron chi connectivity index (χ2n) is 7.57. The van der Waals surface area contributed by atoms with Crippen LogP contribution in [0.1, 0.15) is 18.4 Å². The molecule has 1 aliphatic heterocycles. The molecular formula is C23H23FN2O4S2. The van der Waals surface area contributed by atoms with Gasteiger partial charge in [-0.15, -0.1) is 11.3 Å². The van der Waals surface area contributed by atoms with Crippen molar-refractivity contribution in [2.24, 2.45) is 5.92 Å². The van der Waals surface area contributed by atoms with Crippen LogP contribution in [0.15, 0.2) is 70.3 Å². The lowest BCUT2D eigenvalue weighted by Gasteiger charge is -2.30. The molecule has 1 aromatic heterocycles. The number of rotatable bonds is 7. The molecule has 1 unspecified atom stereocenters. The molecule has 0 spiro atoms. The van der Waals surface area contributed by atoms with E-state index in [-0.39, 0.29) is 24.9 Å². The van der Waals surface area contributed by atoms with E-state index >= 15 is 0 Å². The van der Waals surface area contributed by atoms with Gasteiger partial charge in [0.25, 0.3) is 10.0 Å². The van der Waals surface area contributed by atoms with E-state index in [9.17, 15) is 17.6 Å². The van der Waals surface area contributed by atoms with Gasteiger partial charge in [0.05, 0.1) is 5.92 Å². The molecular weight excluding hydrogens is 451 g/mol. The minimum absolute atomic E-state index is 0.155. The lowest BCUT2D eigenvalue weighted by molar-refractivity contribution is -0.120. The average molecular weight is 475 g/mol. The number of hydrogen-bond donors (Lipinski definition) is 1. The molecule has 1 N–H and O–H groups in total. The first kappa shape index (κ1) is 22.4. The second kappa shape index (κ2) is 9.81. The van der Waals surface area contributed by atoms with Crippen LogP contribution in [0.25, 0.3) is 0 Å². The van der Waals surface area contributed by atoms with E-state index in [0.29, 0.717) is 40.6 Å². The average Bonchev–Trinajstić information content (AvgIpc) is 3.34. The highest BCUT2D eigenvalue weighted by Crippen LogP contribution is 2.27. The van der Waals surface area contributed by atoms with Gasteiger partial charge in [0.2, 0.25) is 5.91 Å². The quantitative estimate of drug-likeness (QED) is 0.547. The summed E-state index contributed by atoms with van der Waals surface area (Å²) in [5, 5.41) is 4.59. The summed E-state index contributed by atoms with van der Waals surface area (Å²) in [7, 11) is -3.58. The summed E-state index contributed by atoms with van der Waals surface area (Å²) in [6.07, 6.45) is 1.25. The molecule has 0 saturated carbocycles. The van der Waals surface area contributed by atoms with Crippen molar-refractivity contribution in [2.45, 2.75) is 23.7 Å². The van der Waals surface area contributed by atoms with Gasteiger partial charge in [-0.25, -0.2) is 12.8 Å². The number of carbonyl (C=O) groups excluding carboxylic acids is 1. The van der Waals surface area contributed by atoms with Crippen LogP contribution in [0.5, 0.6) is 5.75 Å². The summed E-state index contributed by atoms with van der Waals surface area (Å²) in [6.45, 7) is 0.766. The summed E-state index contributed by atoms with van der Waals surface area (Å²) >= 11 is 1.18. The monoisotopic (exact) mass is 474 g/mol. The number of thiophene rings is 1. The molecule has 9 heteroatoms. The molecule has 6 nitrogen and oxygen atoms in total. The fourth-order valence-electron chi connectivity index (χ4n) is 3.61. The number of amides is 1. The third-order valence-corrected chi connectivity index (χ3v) is 8.48. The molecule has 168 valence electrons. The number of piperidine rings is 1. The molecule has 32 heavy (non-hydrogen) atoms. The Bertz CT molecular complexity index is 1180. The number of halogens is 1. The Hall–Kier alpha value is -2.75. The maximum Gasteiger partial charge on any atom is 0.252 e. The highest BCUT2D eigenvalue weighted by atomic mass is 32.2. The first-order valence-electron chi connectivity index (χ1n) is 10.2. The standard InChI is InChI=1S/C23H23FN2O4S2/c24-19-7-1-5-17(13-19)16-30-21-9-2-8-20(14-21)25-23(27)18-6-3-11-26(15-18)32(28,29)22-10-4-12-31-22/h1-2,4-5,7-10,12-14,18H,3,6,11,15-16H2,(H,25,27). The van der Waals surface area contributed by atoms with Crippen LogP contribution in [0.2, 0.25) is 0 Å². The van der Waals surface area contributed by atoms with Crippen molar-refractivity contribution in [3.8, 4) is 5.75 Å². The molecule has 1 amide bonds. The lowest BCUT2D eigenvalue weighted by atomic mass is 9.98. The number of ether oxygens (including phenoxy) is 1. The molecule has 4 rings (SSSR count). The molecule has 2 aromatic carbocycles. The summed E-state index contributed by atoms with van der Waals surface area (Å²) in [5.74, 6) is -0.443. The summed E-state index contributed by atoms with van der Waals surface area (Å²) < 4.78 is 46.3. The van der Waals surface area contributed by atoms with Crippen LogP contribution in [-0.4, -0.2) is 31.7 Å². The smallest absolute Gasteiger partial charge is 0.252 e. The molecule has 0 radical (unpaired) electrons. The number of carbonyl (C=O) groups is 1. The van der Waals surface area contributed by atoms with Gasteiger partial charge >= 0.3 is 0 Å². The summed E-state index contributed by atoms with van der Waals surface area (Å²) in [6, 6.07) is 16.4. The Labute approximate surface area is 190 Å². The van der Waals surface area contributed by atoms with Crippen molar-refractivity contribution in [2.75, 3.05) is 18.4 Å². The molecule has 3 aromatic rings. The van der Waals surface area contributed by atoms with Crippen molar-refractivity contribution in [3.05, 3.63) is 77.4 Å². The Morgan fingerprint density at radius 1 is 1.16 bits per heavy atom. The first-order valence-corrected chi connectivity index (χ1v) is 12.6. The van der Waals surface area contributed by atoms with Crippen molar-refractivity contribution in [3.63, 3.8) is 0 Å². The highest BCUT2D eigenvalue weighted by molar-refractivity contribution is 7.91. The minimum Gasteiger partial charge on any atom is -0.489 e. The molecule has 0 bridgehead atoms. The van der Waals surface area contributed by atoms with Gasteiger partial charge in [-0.05, 0) is 54.1 Å². The third-order valence-electron chi connectivity index (χ3n) is 5.24. The maximum atomic E-state index is 13.3. The van der Waals surface area contributed by atoms with Gasteiger partial charge in [0.15, 0.2) is 0 Å².